The van der Waals surface area contributed by atoms with E-state index in [-0.39, 0.29) is 11.5 Å². The molecule has 0 fully saturated rings. The van der Waals surface area contributed by atoms with Gasteiger partial charge in [-0.2, -0.15) is 0 Å². The smallest absolute Gasteiger partial charge is 0.306 e. The number of H-pyrrole nitrogens is 1. The number of nitrogens with zero attached hydrogens (tertiary/aromatic N) is 1. The summed E-state index contributed by atoms with van der Waals surface area (Å²) in [7, 11) is 1.71. The molecule has 0 aliphatic heterocycles. The summed E-state index contributed by atoms with van der Waals surface area (Å²) in [4.78, 5) is 25.0. The second-order valence-corrected chi connectivity index (χ2v) is 3.72. The van der Waals surface area contributed by atoms with Gasteiger partial charge in [0.2, 0.25) is 0 Å². The Hall–Kier alpha value is -1.84. The van der Waals surface area contributed by atoms with Crippen molar-refractivity contribution in [3.05, 3.63) is 34.2 Å². The van der Waals surface area contributed by atoms with Crippen molar-refractivity contribution in [3.63, 3.8) is 0 Å². The molecule has 15 heavy (non-hydrogen) atoms. The van der Waals surface area contributed by atoms with Gasteiger partial charge in [0.05, 0.1) is 11.0 Å². The molecule has 1 aromatic heterocycles. The van der Waals surface area contributed by atoms with E-state index in [4.69, 9.17) is 0 Å². The predicted molar refractivity (Wildman–Crippen MR) is 57.9 cm³/mol. The Bertz CT molecular complexity index is 578. The van der Waals surface area contributed by atoms with Gasteiger partial charge in [0.25, 0.3) is 0 Å². The van der Waals surface area contributed by atoms with Crippen LogP contribution in [0, 0.1) is 0 Å². The van der Waals surface area contributed by atoms with Gasteiger partial charge in [0, 0.05) is 13.5 Å². The van der Waals surface area contributed by atoms with Gasteiger partial charge in [-0.25, -0.2) is 4.79 Å². The fraction of sp³-hybridized carbons (Fsp3) is 0.273. The predicted octanol–water partition coefficient (Wildman–Crippen LogP) is 0.998. The van der Waals surface area contributed by atoms with Crippen LogP contribution in [0.15, 0.2) is 23.0 Å². The number of aromatic nitrogens is 2. The van der Waals surface area contributed by atoms with Crippen LogP contribution in [-0.2, 0) is 18.3 Å². The fourth-order valence-corrected chi connectivity index (χ4v) is 1.68. The average Bonchev–Trinajstić information content (AvgIpc) is 2.41. The quantitative estimate of drug-likeness (QED) is 0.793. The van der Waals surface area contributed by atoms with Crippen molar-refractivity contribution in [2.24, 2.45) is 7.05 Å². The number of fused-ring (bicyclic) bond motifs is 1. The molecule has 0 spiro atoms. The minimum atomic E-state index is -0.134. The first kappa shape index (κ1) is 9.71. The van der Waals surface area contributed by atoms with Crippen molar-refractivity contribution in [3.8, 4) is 0 Å². The zero-order valence-corrected chi connectivity index (χ0v) is 8.70. The maximum atomic E-state index is 11.3. The number of nitrogens with one attached hydrogen (secondary N) is 1. The molecule has 78 valence electrons. The van der Waals surface area contributed by atoms with Gasteiger partial charge in [-0.15, -0.1) is 0 Å². The number of aryl methyl sites for hydroxylation is 1. The molecule has 1 heterocycles. The molecule has 4 nitrogen and oxygen atoms in total. The fourth-order valence-electron chi connectivity index (χ4n) is 1.68. The molecule has 0 radical (unpaired) electrons. The number of imidazole rings is 1. The van der Waals surface area contributed by atoms with Crippen LogP contribution in [0.2, 0.25) is 0 Å². The first-order valence-electron chi connectivity index (χ1n) is 4.75. The van der Waals surface area contributed by atoms with Gasteiger partial charge in [0.15, 0.2) is 0 Å². The topological polar surface area (TPSA) is 54.9 Å². The Kier molecular flexibility index (Phi) is 2.19. The van der Waals surface area contributed by atoms with Crippen LogP contribution in [0.3, 0.4) is 0 Å². The minimum absolute atomic E-state index is 0.118. The summed E-state index contributed by atoms with van der Waals surface area (Å²) in [5, 5.41) is 0. The highest BCUT2D eigenvalue weighted by Gasteiger charge is 2.04. The Morgan fingerprint density at radius 3 is 2.87 bits per heavy atom. The molecule has 0 saturated carbocycles. The van der Waals surface area contributed by atoms with Crippen LogP contribution in [0.1, 0.15) is 12.5 Å². The highest BCUT2D eigenvalue weighted by atomic mass is 16.1. The van der Waals surface area contributed by atoms with E-state index >= 15 is 0 Å². The normalized spacial score (nSPS) is 10.8. The van der Waals surface area contributed by atoms with Crippen molar-refractivity contribution in [2.45, 2.75) is 13.3 Å². The largest absolute Gasteiger partial charge is 0.326 e. The van der Waals surface area contributed by atoms with E-state index in [2.05, 4.69) is 4.98 Å². The molecular formula is C11H12N2O2. The summed E-state index contributed by atoms with van der Waals surface area (Å²) in [6.45, 7) is 1.55. The Labute approximate surface area is 86.5 Å². The van der Waals surface area contributed by atoms with Crippen LogP contribution < -0.4 is 5.69 Å². The highest BCUT2D eigenvalue weighted by molar-refractivity contribution is 5.81. The molecule has 0 aliphatic carbocycles. The van der Waals surface area contributed by atoms with Gasteiger partial charge in [-0.05, 0) is 24.6 Å². The van der Waals surface area contributed by atoms with E-state index in [1.165, 1.54) is 0 Å². The third-order valence-corrected chi connectivity index (χ3v) is 2.42. The Balaban J connectivity index is 2.57. The second-order valence-electron chi connectivity index (χ2n) is 3.72. The maximum absolute atomic E-state index is 11.3. The molecule has 2 rings (SSSR count). The lowest BCUT2D eigenvalue weighted by atomic mass is 10.1. The van der Waals surface area contributed by atoms with E-state index in [1.54, 1.807) is 18.5 Å². The molecule has 2 aromatic rings. The first-order chi connectivity index (χ1) is 7.08. The molecular weight excluding hydrogens is 192 g/mol. The SMILES string of the molecule is CC(=O)Cc1ccc2c(c1)[nH]c(=O)n2C. The van der Waals surface area contributed by atoms with Gasteiger partial charge in [0.1, 0.15) is 5.78 Å². The van der Waals surface area contributed by atoms with Gasteiger partial charge in [-0.1, -0.05) is 6.07 Å². The lowest BCUT2D eigenvalue weighted by Gasteiger charge is -1.98. The number of Topliss-reactive ketones (excluding diaryl/α,β-unsaturated/α-hetero) is 1. The summed E-state index contributed by atoms with van der Waals surface area (Å²) in [5.41, 5.74) is 2.43. The monoisotopic (exact) mass is 204 g/mol. The summed E-state index contributed by atoms with van der Waals surface area (Å²) in [5.74, 6) is 0.118. The van der Waals surface area contributed by atoms with E-state index in [9.17, 15) is 9.59 Å². The molecule has 1 N–H and O–H groups in total. The highest BCUT2D eigenvalue weighted by Crippen LogP contribution is 2.12. The molecule has 0 saturated heterocycles. The van der Waals surface area contributed by atoms with Crippen LogP contribution in [-0.4, -0.2) is 15.3 Å². The number of aromatic amines is 1. The van der Waals surface area contributed by atoms with Crippen molar-refractivity contribution >= 4 is 16.8 Å². The van der Waals surface area contributed by atoms with Crippen molar-refractivity contribution < 1.29 is 4.79 Å². The van der Waals surface area contributed by atoms with E-state index in [0.717, 1.165) is 16.6 Å². The lowest BCUT2D eigenvalue weighted by molar-refractivity contribution is -0.116. The van der Waals surface area contributed by atoms with Crippen LogP contribution >= 0.6 is 0 Å². The van der Waals surface area contributed by atoms with Gasteiger partial charge >= 0.3 is 5.69 Å². The summed E-state index contributed by atoms with van der Waals surface area (Å²) >= 11 is 0. The standard InChI is InChI=1S/C11H12N2O2/c1-7(14)5-8-3-4-10-9(6-8)12-11(15)13(10)2/h3-4,6H,5H2,1-2H3,(H,12,15). The minimum Gasteiger partial charge on any atom is -0.306 e. The van der Waals surface area contributed by atoms with E-state index < -0.39 is 0 Å². The van der Waals surface area contributed by atoms with Gasteiger partial charge < -0.3 is 4.98 Å². The van der Waals surface area contributed by atoms with Gasteiger partial charge in [-0.3, -0.25) is 9.36 Å². The third kappa shape index (κ3) is 1.70. The molecule has 0 unspecified atom stereocenters. The number of carbonyl (C=O) groups is 1. The average molecular weight is 204 g/mol. The second kappa shape index (κ2) is 3.38. The van der Waals surface area contributed by atoms with Crippen molar-refractivity contribution in [1.29, 1.82) is 0 Å². The molecule has 4 heteroatoms. The molecule has 0 aliphatic rings. The van der Waals surface area contributed by atoms with E-state index in [0.29, 0.717) is 6.42 Å². The first-order valence-corrected chi connectivity index (χ1v) is 4.75. The third-order valence-electron chi connectivity index (χ3n) is 2.42. The number of benzene rings is 1. The zero-order valence-electron chi connectivity index (χ0n) is 8.70. The molecule has 0 atom stereocenters. The molecule has 1 aromatic carbocycles. The van der Waals surface area contributed by atoms with Crippen molar-refractivity contribution in [1.82, 2.24) is 9.55 Å². The molecule has 0 amide bonds. The number of carbonyl (C=O) groups excluding carboxylic acids is 1. The number of ketones is 1. The summed E-state index contributed by atoms with van der Waals surface area (Å²) in [6.07, 6.45) is 0.410. The Morgan fingerprint density at radius 1 is 1.47 bits per heavy atom. The van der Waals surface area contributed by atoms with Crippen molar-refractivity contribution in [2.75, 3.05) is 0 Å². The van der Waals surface area contributed by atoms with E-state index in [1.807, 2.05) is 18.2 Å². The number of rotatable bonds is 2. The van der Waals surface area contributed by atoms with Crippen LogP contribution in [0.5, 0.6) is 0 Å². The Morgan fingerprint density at radius 2 is 2.20 bits per heavy atom. The molecule has 0 bridgehead atoms. The number of hydrogen-bond acceptors (Lipinski definition) is 2. The summed E-state index contributed by atoms with van der Waals surface area (Å²) < 4.78 is 1.55. The summed E-state index contributed by atoms with van der Waals surface area (Å²) in [6, 6.07) is 5.57. The van der Waals surface area contributed by atoms with Crippen LogP contribution in [0.4, 0.5) is 0 Å². The number of hydrogen-bond donors (Lipinski definition) is 1. The lowest BCUT2D eigenvalue weighted by Crippen LogP contribution is -2.11. The van der Waals surface area contributed by atoms with Crippen LogP contribution in [0.25, 0.3) is 11.0 Å². The maximum Gasteiger partial charge on any atom is 0.326 e. The zero-order chi connectivity index (χ0) is 11.0.